The summed E-state index contributed by atoms with van der Waals surface area (Å²) in [6.45, 7) is 8.91. The van der Waals surface area contributed by atoms with E-state index in [4.69, 9.17) is 0 Å². The molecule has 1 fully saturated rings. The number of nitrogens with zero attached hydrogens (tertiary/aromatic N) is 2. The first-order valence-corrected chi connectivity index (χ1v) is 8.08. The van der Waals surface area contributed by atoms with Crippen LogP contribution in [-0.4, -0.2) is 40.4 Å². The Balaban J connectivity index is 1.98. The number of piperazine rings is 1. The van der Waals surface area contributed by atoms with Gasteiger partial charge in [0.2, 0.25) is 0 Å². The Morgan fingerprint density at radius 3 is 2.78 bits per heavy atom. The number of carbonyl (C=O) groups excluding carboxylic acids is 1. The van der Waals surface area contributed by atoms with Crippen LogP contribution in [0.3, 0.4) is 0 Å². The first-order valence-electron chi connectivity index (χ1n) is 8.08. The summed E-state index contributed by atoms with van der Waals surface area (Å²) in [5.41, 5.74) is 3.10. The van der Waals surface area contributed by atoms with E-state index in [0.29, 0.717) is 12.2 Å². The van der Waals surface area contributed by atoms with E-state index >= 15 is 0 Å². The molecule has 0 saturated carbocycles. The van der Waals surface area contributed by atoms with Gasteiger partial charge in [-0.05, 0) is 16.5 Å². The molecule has 0 aliphatic carbocycles. The normalized spacial score (nSPS) is 18.9. The van der Waals surface area contributed by atoms with Crippen LogP contribution in [0.5, 0.6) is 0 Å². The van der Waals surface area contributed by atoms with E-state index in [2.05, 4.69) is 60.3 Å². The highest BCUT2D eigenvalue weighted by Gasteiger charge is 2.32. The Bertz CT molecular complexity index is 673. The highest BCUT2D eigenvalue weighted by molar-refractivity contribution is 5.92. The summed E-state index contributed by atoms with van der Waals surface area (Å²) in [6, 6.07) is 8.48. The number of aromatic amines is 1. The van der Waals surface area contributed by atoms with Crippen molar-refractivity contribution in [1.82, 2.24) is 20.2 Å². The monoisotopic (exact) mass is 312 g/mol. The van der Waals surface area contributed by atoms with E-state index in [-0.39, 0.29) is 17.4 Å². The highest BCUT2D eigenvalue weighted by atomic mass is 16.2. The summed E-state index contributed by atoms with van der Waals surface area (Å²) in [4.78, 5) is 21.7. The second-order valence-corrected chi connectivity index (χ2v) is 7.02. The topological polar surface area (TPSA) is 61.0 Å². The van der Waals surface area contributed by atoms with Crippen molar-refractivity contribution in [2.45, 2.75) is 32.2 Å². The van der Waals surface area contributed by atoms with Crippen molar-refractivity contribution in [2.24, 2.45) is 0 Å². The molecular formula is C18H24N4O. The van der Waals surface area contributed by atoms with E-state index < -0.39 is 0 Å². The maximum Gasteiger partial charge on any atom is 0.272 e. The van der Waals surface area contributed by atoms with Crippen molar-refractivity contribution in [2.75, 3.05) is 19.6 Å². The van der Waals surface area contributed by atoms with Crippen LogP contribution in [0.25, 0.3) is 0 Å². The molecule has 1 aromatic heterocycles. The molecule has 0 radical (unpaired) electrons. The number of benzene rings is 1. The van der Waals surface area contributed by atoms with Crippen molar-refractivity contribution < 1.29 is 4.79 Å². The minimum absolute atomic E-state index is 0.0118. The van der Waals surface area contributed by atoms with Crippen LogP contribution in [0.1, 0.15) is 48.4 Å². The van der Waals surface area contributed by atoms with E-state index in [9.17, 15) is 4.79 Å². The number of amides is 1. The molecule has 0 bridgehead atoms. The molecule has 1 atom stereocenters. The van der Waals surface area contributed by atoms with Crippen LogP contribution in [-0.2, 0) is 5.41 Å². The number of H-pyrrole nitrogens is 1. The molecule has 1 aromatic carbocycles. The van der Waals surface area contributed by atoms with Crippen molar-refractivity contribution >= 4 is 5.91 Å². The second kappa shape index (κ2) is 6.16. The first kappa shape index (κ1) is 15.7. The average Bonchev–Trinajstić information content (AvgIpc) is 3.08. The molecule has 5 heteroatoms. The van der Waals surface area contributed by atoms with E-state index in [1.807, 2.05) is 4.90 Å². The zero-order valence-corrected chi connectivity index (χ0v) is 14.0. The van der Waals surface area contributed by atoms with Gasteiger partial charge in [-0.1, -0.05) is 45.0 Å². The highest BCUT2D eigenvalue weighted by Crippen LogP contribution is 2.33. The summed E-state index contributed by atoms with van der Waals surface area (Å²) < 4.78 is 0. The number of carbonyl (C=O) groups is 1. The van der Waals surface area contributed by atoms with E-state index in [1.165, 1.54) is 11.1 Å². The van der Waals surface area contributed by atoms with E-state index in [0.717, 1.165) is 13.1 Å². The Kier molecular flexibility index (Phi) is 4.22. The number of imidazole rings is 1. The molecule has 1 saturated heterocycles. The van der Waals surface area contributed by atoms with Crippen LogP contribution < -0.4 is 5.32 Å². The van der Waals surface area contributed by atoms with Crippen LogP contribution in [0.4, 0.5) is 0 Å². The fourth-order valence-electron chi connectivity index (χ4n) is 3.22. The third-order valence-corrected chi connectivity index (χ3v) is 4.36. The minimum atomic E-state index is 0.0118. The van der Waals surface area contributed by atoms with Crippen molar-refractivity contribution in [3.63, 3.8) is 0 Å². The standard InChI is InChI=1S/C18H24N4O/c1-18(2,3)14-7-5-4-6-13(14)16-11-19-8-9-22(16)17(23)15-10-20-12-21-15/h4-7,10,12,16,19H,8-9,11H2,1-3H3,(H,20,21). The third-order valence-electron chi connectivity index (χ3n) is 4.36. The maximum absolute atomic E-state index is 12.8. The molecular weight excluding hydrogens is 288 g/mol. The quantitative estimate of drug-likeness (QED) is 0.895. The third kappa shape index (κ3) is 3.15. The van der Waals surface area contributed by atoms with Crippen molar-refractivity contribution in [1.29, 1.82) is 0 Å². The number of hydrogen-bond donors (Lipinski definition) is 2. The smallest absolute Gasteiger partial charge is 0.272 e. The van der Waals surface area contributed by atoms with Gasteiger partial charge in [0.15, 0.2) is 0 Å². The van der Waals surface area contributed by atoms with Gasteiger partial charge in [-0.15, -0.1) is 0 Å². The lowest BCUT2D eigenvalue weighted by atomic mass is 9.81. The summed E-state index contributed by atoms with van der Waals surface area (Å²) in [5.74, 6) is 0.0118. The molecule has 23 heavy (non-hydrogen) atoms. The van der Waals surface area contributed by atoms with Crippen LogP contribution in [0.2, 0.25) is 0 Å². The maximum atomic E-state index is 12.8. The number of aromatic nitrogens is 2. The fraction of sp³-hybridized carbons (Fsp3) is 0.444. The van der Waals surface area contributed by atoms with Crippen LogP contribution >= 0.6 is 0 Å². The van der Waals surface area contributed by atoms with Gasteiger partial charge in [0.25, 0.3) is 5.91 Å². The minimum Gasteiger partial charge on any atom is -0.341 e. The SMILES string of the molecule is CC(C)(C)c1ccccc1C1CNCCN1C(=O)c1cnc[nH]1. The lowest BCUT2D eigenvalue weighted by molar-refractivity contribution is 0.0627. The number of hydrogen-bond acceptors (Lipinski definition) is 3. The molecule has 2 aromatic rings. The summed E-state index contributed by atoms with van der Waals surface area (Å²) >= 11 is 0. The largest absolute Gasteiger partial charge is 0.341 e. The Labute approximate surface area is 137 Å². The molecule has 3 rings (SSSR count). The second-order valence-electron chi connectivity index (χ2n) is 7.02. The van der Waals surface area contributed by atoms with Gasteiger partial charge in [0, 0.05) is 19.6 Å². The van der Waals surface area contributed by atoms with E-state index in [1.54, 1.807) is 12.5 Å². The number of nitrogens with one attached hydrogen (secondary N) is 2. The zero-order chi connectivity index (χ0) is 16.4. The predicted octanol–water partition coefficient (Wildman–Crippen LogP) is 2.49. The molecule has 1 amide bonds. The van der Waals surface area contributed by atoms with Gasteiger partial charge in [0.1, 0.15) is 5.69 Å². The number of rotatable bonds is 2. The molecule has 1 unspecified atom stereocenters. The first-order chi connectivity index (χ1) is 11.0. The molecule has 0 spiro atoms. The molecule has 2 heterocycles. The fourth-order valence-corrected chi connectivity index (χ4v) is 3.22. The summed E-state index contributed by atoms with van der Waals surface area (Å²) in [5, 5.41) is 3.42. The lowest BCUT2D eigenvalue weighted by Crippen LogP contribution is -2.49. The van der Waals surface area contributed by atoms with Gasteiger partial charge in [0.05, 0.1) is 18.6 Å². The van der Waals surface area contributed by atoms with Crippen molar-refractivity contribution in [3.8, 4) is 0 Å². The van der Waals surface area contributed by atoms with Gasteiger partial charge < -0.3 is 15.2 Å². The summed E-state index contributed by atoms with van der Waals surface area (Å²) in [7, 11) is 0. The van der Waals surface area contributed by atoms with Gasteiger partial charge in [-0.3, -0.25) is 4.79 Å². The van der Waals surface area contributed by atoms with Crippen LogP contribution in [0, 0.1) is 0 Å². The average molecular weight is 312 g/mol. The molecule has 1 aliphatic rings. The Hall–Kier alpha value is -2.14. The Morgan fingerprint density at radius 2 is 2.09 bits per heavy atom. The lowest BCUT2D eigenvalue weighted by Gasteiger charge is -2.38. The van der Waals surface area contributed by atoms with Crippen LogP contribution in [0.15, 0.2) is 36.8 Å². The molecule has 2 N–H and O–H groups in total. The molecule has 1 aliphatic heterocycles. The van der Waals surface area contributed by atoms with Crippen molar-refractivity contribution in [3.05, 3.63) is 53.6 Å². The van der Waals surface area contributed by atoms with Gasteiger partial charge in [-0.25, -0.2) is 4.98 Å². The predicted molar refractivity (Wildman–Crippen MR) is 90.4 cm³/mol. The zero-order valence-electron chi connectivity index (χ0n) is 14.0. The van der Waals surface area contributed by atoms with Gasteiger partial charge in [-0.2, -0.15) is 0 Å². The molecule has 122 valence electrons. The Morgan fingerprint density at radius 1 is 1.30 bits per heavy atom. The van der Waals surface area contributed by atoms with Gasteiger partial charge >= 0.3 is 0 Å². The molecule has 5 nitrogen and oxygen atoms in total. The summed E-state index contributed by atoms with van der Waals surface area (Å²) in [6.07, 6.45) is 3.14.